The van der Waals surface area contributed by atoms with Crippen LogP contribution in [0.5, 0.6) is 0 Å². The lowest BCUT2D eigenvalue weighted by Crippen LogP contribution is -2.46. The average Bonchev–Trinajstić information content (AvgIpc) is 3.59. The molecule has 3 atom stereocenters. The molecule has 2 aliphatic rings. The van der Waals surface area contributed by atoms with Crippen molar-refractivity contribution in [3.05, 3.63) is 57.8 Å². The third-order valence-corrected chi connectivity index (χ3v) is 9.26. The van der Waals surface area contributed by atoms with E-state index in [1.807, 2.05) is 0 Å². The van der Waals surface area contributed by atoms with Gasteiger partial charge in [0.15, 0.2) is 0 Å². The van der Waals surface area contributed by atoms with E-state index >= 15 is 0 Å². The number of halogens is 2. The Hall–Kier alpha value is -2.86. The molecule has 1 aromatic heterocycles. The normalized spacial score (nSPS) is 19.6. The number of benzene rings is 1. The Bertz CT molecular complexity index is 1330. The van der Waals surface area contributed by atoms with E-state index in [0.717, 1.165) is 12.8 Å². The summed E-state index contributed by atoms with van der Waals surface area (Å²) in [6.07, 6.45) is 7.12. The monoisotopic (exact) mass is 650 g/mol. The number of aromatic nitrogens is 1. The molecule has 0 bridgehead atoms. The highest BCUT2D eigenvalue weighted by molar-refractivity contribution is 8.00. The Balaban J connectivity index is 1.34. The van der Waals surface area contributed by atoms with Crippen molar-refractivity contribution < 1.29 is 28.7 Å². The SMILES string of the molecule is CC(C)(C)OC(=O)N1C[C@H](SC2CCCC2)C[C@H]1C(=O)OC(=O)[C@@H](N)Cc1ccc(NC(=O)c2c(Cl)cncc2Cl)cc1. The van der Waals surface area contributed by atoms with Crippen molar-refractivity contribution in [2.24, 2.45) is 5.73 Å². The van der Waals surface area contributed by atoms with Crippen molar-refractivity contribution in [3.8, 4) is 0 Å². The average molecular weight is 652 g/mol. The molecular weight excluding hydrogens is 615 g/mol. The number of amides is 2. The van der Waals surface area contributed by atoms with E-state index in [0.29, 0.717) is 29.5 Å². The lowest BCUT2D eigenvalue weighted by molar-refractivity contribution is -0.163. The molecule has 0 radical (unpaired) electrons. The van der Waals surface area contributed by atoms with Crippen LogP contribution < -0.4 is 11.1 Å². The summed E-state index contributed by atoms with van der Waals surface area (Å²) in [5.74, 6) is -2.20. The van der Waals surface area contributed by atoms with Gasteiger partial charge in [0.05, 0.1) is 15.6 Å². The molecule has 2 amide bonds. The Morgan fingerprint density at radius 2 is 1.70 bits per heavy atom. The second-order valence-corrected chi connectivity index (χ2v) is 14.1. The molecule has 43 heavy (non-hydrogen) atoms. The summed E-state index contributed by atoms with van der Waals surface area (Å²) in [5, 5.41) is 3.49. The standard InChI is InChI=1S/C30H36Cl2N4O6S/c1-30(2,3)42-29(40)36-16-20(43-19-6-4-5-7-19)13-24(36)28(39)41-27(38)23(33)12-17-8-10-18(11-9-17)35-26(37)25-21(31)14-34-15-22(25)32/h8-11,14-15,19-20,23-24H,4-7,12-13,16,33H2,1-3H3,(H,35,37)/t20-,23+,24+/m1/s1. The number of carbonyl (C=O) groups is 4. The zero-order valence-electron chi connectivity index (χ0n) is 24.3. The van der Waals surface area contributed by atoms with Crippen LogP contribution in [0.15, 0.2) is 36.7 Å². The minimum absolute atomic E-state index is 0.0431. The number of thioether (sulfide) groups is 1. The molecule has 1 aromatic carbocycles. The summed E-state index contributed by atoms with van der Waals surface area (Å²) in [5.41, 5.74) is 6.61. The van der Waals surface area contributed by atoms with Crippen molar-refractivity contribution >= 4 is 64.6 Å². The molecule has 13 heteroatoms. The molecule has 2 heterocycles. The highest BCUT2D eigenvalue weighted by Crippen LogP contribution is 2.38. The summed E-state index contributed by atoms with van der Waals surface area (Å²) in [6.45, 7) is 5.62. The Morgan fingerprint density at radius 3 is 2.30 bits per heavy atom. The lowest BCUT2D eigenvalue weighted by Gasteiger charge is -2.27. The van der Waals surface area contributed by atoms with Gasteiger partial charge in [-0.1, -0.05) is 48.2 Å². The van der Waals surface area contributed by atoms with Gasteiger partial charge in [0.2, 0.25) is 0 Å². The first-order chi connectivity index (χ1) is 20.3. The summed E-state index contributed by atoms with van der Waals surface area (Å²) in [4.78, 5) is 56.8. The van der Waals surface area contributed by atoms with Crippen LogP contribution in [-0.4, -0.2) is 68.6 Å². The van der Waals surface area contributed by atoms with E-state index in [2.05, 4.69) is 10.3 Å². The fraction of sp³-hybridized carbons (Fsp3) is 0.500. The first kappa shape index (κ1) is 33.0. The highest BCUT2D eigenvalue weighted by atomic mass is 35.5. The summed E-state index contributed by atoms with van der Waals surface area (Å²) in [6, 6.07) is 4.59. The third-order valence-electron chi connectivity index (χ3n) is 7.10. The topological polar surface area (TPSA) is 141 Å². The number of ether oxygens (including phenoxy) is 2. The number of likely N-dealkylation sites (tertiary alicyclic amines) is 1. The molecule has 1 saturated heterocycles. The van der Waals surface area contributed by atoms with Crippen LogP contribution in [0.1, 0.15) is 68.8 Å². The van der Waals surface area contributed by atoms with Gasteiger partial charge in [0, 0.05) is 35.1 Å². The van der Waals surface area contributed by atoms with E-state index in [1.54, 1.807) is 56.8 Å². The number of carbonyl (C=O) groups excluding carboxylic acids is 4. The van der Waals surface area contributed by atoms with Crippen LogP contribution in [0, 0.1) is 0 Å². The summed E-state index contributed by atoms with van der Waals surface area (Å²) >= 11 is 13.9. The fourth-order valence-corrected chi connectivity index (χ4v) is 7.29. The third kappa shape index (κ3) is 9.07. The predicted octanol–water partition coefficient (Wildman–Crippen LogP) is 5.63. The van der Waals surface area contributed by atoms with E-state index in [1.165, 1.54) is 30.1 Å². The van der Waals surface area contributed by atoms with Gasteiger partial charge in [-0.25, -0.2) is 14.4 Å². The van der Waals surface area contributed by atoms with Crippen LogP contribution in [0.2, 0.25) is 10.0 Å². The molecule has 2 aromatic rings. The van der Waals surface area contributed by atoms with Gasteiger partial charge in [0.25, 0.3) is 5.91 Å². The first-order valence-corrected chi connectivity index (χ1v) is 15.9. The van der Waals surface area contributed by atoms with Gasteiger partial charge in [-0.3, -0.25) is 14.7 Å². The fourth-order valence-electron chi connectivity index (χ4n) is 5.06. The van der Waals surface area contributed by atoms with Gasteiger partial charge in [-0.15, -0.1) is 0 Å². The number of nitrogens with one attached hydrogen (secondary N) is 1. The lowest BCUT2D eigenvalue weighted by atomic mass is 10.1. The highest BCUT2D eigenvalue weighted by Gasteiger charge is 2.44. The van der Waals surface area contributed by atoms with Crippen LogP contribution in [0.3, 0.4) is 0 Å². The molecule has 3 N–H and O–H groups in total. The van der Waals surface area contributed by atoms with E-state index in [9.17, 15) is 19.2 Å². The summed E-state index contributed by atoms with van der Waals surface area (Å²) < 4.78 is 10.7. The van der Waals surface area contributed by atoms with Crippen molar-refractivity contribution in [2.75, 3.05) is 11.9 Å². The Kier molecular flexibility index (Phi) is 11.0. The predicted molar refractivity (Wildman–Crippen MR) is 166 cm³/mol. The van der Waals surface area contributed by atoms with Gasteiger partial charge >= 0.3 is 18.0 Å². The van der Waals surface area contributed by atoms with Gasteiger partial charge in [-0.2, -0.15) is 11.8 Å². The number of esters is 2. The maximum atomic E-state index is 13.2. The number of anilines is 1. The van der Waals surface area contributed by atoms with Crippen LogP contribution in [0.25, 0.3) is 0 Å². The number of pyridine rings is 1. The molecule has 1 aliphatic carbocycles. The molecule has 1 saturated carbocycles. The number of hydrogen-bond acceptors (Lipinski definition) is 9. The molecule has 1 aliphatic heterocycles. The molecular formula is C30H36Cl2N4O6S. The Labute approximate surface area is 265 Å². The quantitative estimate of drug-likeness (QED) is 0.274. The summed E-state index contributed by atoms with van der Waals surface area (Å²) in [7, 11) is 0. The van der Waals surface area contributed by atoms with Crippen LogP contribution in [-0.2, 0) is 25.5 Å². The largest absolute Gasteiger partial charge is 0.444 e. The van der Waals surface area contributed by atoms with Gasteiger partial charge in [-0.05, 0) is 64.2 Å². The minimum atomic E-state index is -1.13. The van der Waals surface area contributed by atoms with Crippen LogP contribution >= 0.6 is 35.0 Å². The zero-order valence-corrected chi connectivity index (χ0v) is 26.6. The minimum Gasteiger partial charge on any atom is -0.444 e. The van der Waals surface area contributed by atoms with Gasteiger partial charge < -0.3 is 20.5 Å². The maximum absolute atomic E-state index is 13.2. The first-order valence-electron chi connectivity index (χ1n) is 14.2. The van der Waals surface area contributed by atoms with E-state index < -0.39 is 41.6 Å². The van der Waals surface area contributed by atoms with Crippen molar-refractivity contribution in [1.82, 2.24) is 9.88 Å². The van der Waals surface area contributed by atoms with E-state index in [-0.39, 0.29) is 27.3 Å². The van der Waals surface area contributed by atoms with Crippen molar-refractivity contribution in [2.45, 2.75) is 87.5 Å². The van der Waals surface area contributed by atoms with E-state index in [4.69, 9.17) is 38.4 Å². The molecule has 10 nitrogen and oxygen atoms in total. The molecule has 4 rings (SSSR count). The maximum Gasteiger partial charge on any atom is 0.411 e. The van der Waals surface area contributed by atoms with Crippen molar-refractivity contribution in [3.63, 3.8) is 0 Å². The van der Waals surface area contributed by atoms with Gasteiger partial charge in [0.1, 0.15) is 17.7 Å². The molecule has 0 spiro atoms. The second kappa shape index (κ2) is 14.3. The molecule has 2 fully saturated rings. The van der Waals surface area contributed by atoms with Crippen molar-refractivity contribution in [1.29, 1.82) is 0 Å². The number of nitrogens with two attached hydrogens (primary N) is 1. The molecule has 0 unspecified atom stereocenters. The number of hydrogen-bond donors (Lipinski definition) is 2. The second-order valence-electron chi connectivity index (χ2n) is 11.7. The van der Waals surface area contributed by atoms with Crippen LogP contribution in [0.4, 0.5) is 10.5 Å². The smallest absolute Gasteiger partial charge is 0.411 e. The Morgan fingerprint density at radius 1 is 1.07 bits per heavy atom. The molecule has 232 valence electrons. The zero-order chi connectivity index (χ0) is 31.3. The number of nitrogens with zero attached hydrogens (tertiary/aromatic N) is 2. The number of rotatable bonds is 8.